The van der Waals surface area contributed by atoms with E-state index < -0.39 is 17.4 Å². The van der Waals surface area contributed by atoms with E-state index in [1.165, 1.54) is 20.9 Å². The molecule has 0 aliphatic carbocycles. The molecular weight excluding hydrogens is 376 g/mol. The number of hydrogen-bond donors (Lipinski definition) is 1. The Hall–Kier alpha value is -2.03. The Morgan fingerprint density at radius 3 is 2.46 bits per heavy atom. The molecule has 1 atom stereocenters. The van der Waals surface area contributed by atoms with E-state index in [0.29, 0.717) is 27.1 Å². The average molecular weight is 395 g/mol. The Balaban J connectivity index is 2.13. The molecule has 7 nitrogen and oxygen atoms in total. The lowest BCUT2D eigenvalue weighted by atomic mass is 10.2. The smallest absolute Gasteiger partial charge is 0.332 e. The van der Waals surface area contributed by atoms with Gasteiger partial charge in [-0.3, -0.25) is 13.9 Å². The molecule has 1 N–H and O–H groups in total. The molecule has 2 aromatic heterocycles. The van der Waals surface area contributed by atoms with E-state index in [-0.39, 0.29) is 6.54 Å². The van der Waals surface area contributed by atoms with Gasteiger partial charge in [-0.25, -0.2) is 9.78 Å². The van der Waals surface area contributed by atoms with Gasteiger partial charge >= 0.3 is 5.69 Å². The fourth-order valence-electron chi connectivity index (χ4n) is 2.66. The molecule has 2 heterocycles. The highest BCUT2D eigenvalue weighted by molar-refractivity contribution is 7.99. The number of hydrogen-bond acceptors (Lipinski definition) is 5. The molecule has 138 valence electrons. The third-order valence-corrected chi connectivity index (χ3v) is 5.55. The number of aliphatic hydroxyl groups is 1. The van der Waals surface area contributed by atoms with Gasteiger partial charge in [0.2, 0.25) is 0 Å². The van der Waals surface area contributed by atoms with Crippen LogP contribution in [-0.2, 0) is 20.6 Å². The number of fused-ring (bicyclic) bond motifs is 1. The van der Waals surface area contributed by atoms with E-state index in [1.54, 1.807) is 49.9 Å². The number of aliphatic hydroxyl groups excluding tert-OH is 1. The number of imidazole rings is 1. The Morgan fingerprint density at radius 2 is 1.85 bits per heavy atom. The summed E-state index contributed by atoms with van der Waals surface area (Å²) in [6.07, 6.45) is -0.495. The highest BCUT2D eigenvalue weighted by Crippen LogP contribution is 2.20. The molecule has 0 aliphatic heterocycles. The van der Waals surface area contributed by atoms with Crippen LogP contribution >= 0.6 is 23.4 Å². The number of aromatic nitrogens is 4. The number of aryl methyl sites for hydroxylation is 2. The third-order valence-electron chi connectivity index (χ3n) is 4.03. The summed E-state index contributed by atoms with van der Waals surface area (Å²) in [5.74, 6) is 0.448. The van der Waals surface area contributed by atoms with Crippen molar-refractivity contribution in [3.63, 3.8) is 0 Å². The van der Waals surface area contributed by atoms with Crippen molar-refractivity contribution in [3.05, 3.63) is 55.7 Å². The van der Waals surface area contributed by atoms with Crippen molar-refractivity contribution in [2.45, 2.75) is 24.7 Å². The number of halogens is 1. The maximum absolute atomic E-state index is 12.9. The van der Waals surface area contributed by atoms with Crippen molar-refractivity contribution < 1.29 is 5.11 Å². The minimum absolute atomic E-state index is 0.153. The first kappa shape index (κ1) is 18.8. The number of benzene rings is 1. The largest absolute Gasteiger partial charge is 0.393 e. The van der Waals surface area contributed by atoms with E-state index in [4.69, 9.17) is 11.6 Å². The molecule has 3 rings (SSSR count). The summed E-state index contributed by atoms with van der Waals surface area (Å²) in [6, 6.07) is 7.01. The molecule has 0 spiro atoms. The van der Waals surface area contributed by atoms with Gasteiger partial charge in [0, 0.05) is 24.9 Å². The first-order valence-corrected chi connectivity index (χ1v) is 9.37. The van der Waals surface area contributed by atoms with Crippen LogP contribution in [0.1, 0.15) is 12.5 Å². The second-order valence-electron chi connectivity index (χ2n) is 6.14. The summed E-state index contributed by atoms with van der Waals surface area (Å²) in [5.41, 5.74) is 0.676. The summed E-state index contributed by atoms with van der Waals surface area (Å²) in [7, 11) is 3.33. The minimum atomic E-state index is -0.495. The van der Waals surface area contributed by atoms with Crippen LogP contribution in [-0.4, -0.2) is 35.6 Å². The second-order valence-corrected chi connectivity index (χ2v) is 7.57. The Bertz CT molecular complexity index is 1070. The summed E-state index contributed by atoms with van der Waals surface area (Å²) >= 11 is 7.23. The first-order valence-electron chi connectivity index (χ1n) is 8.01. The van der Waals surface area contributed by atoms with Crippen molar-refractivity contribution in [3.8, 4) is 0 Å². The molecular formula is C17H19ClN4O3S. The predicted octanol–water partition coefficient (Wildman–Crippen LogP) is 1.61. The zero-order valence-corrected chi connectivity index (χ0v) is 16.2. The van der Waals surface area contributed by atoms with Crippen molar-refractivity contribution >= 4 is 34.5 Å². The molecule has 0 bridgehead atoms. The lowest BCUT2D eigenvalue weighted by molar-refractivity contribution is 0.220. The van der Waals surface area contributed by atoms with Crippen LogP contribution in [0.4, 0.5) is 0 Å². The number of thioether (sulfide) groups is 1. The molecule has 0 radical (unpaired) electrons. The third kappa shape index (κ3) is 3.44. The van der Waals surface area contributed by atoms with Gasteiger partial charge in [0.05, 0.1) is 12.6 Å². The zero-order valence-electron chi connectivity index (χ0n) is 14.6. The van der Waals surface area contributed by atoms with Crippen LogP contribution in [0.25, 0.3) is 11.2 Å². The fraction of sp³-hybridized carbons (Fsp3) is 0.353. The van der Waals surface area contributed by atoms with Crippen LogP contribution in [0, 0.1) is 0 Å². The monoisotopic (exact) mass is 394 g/mol. The van der Waals surface area contributed by atoms with Gasteiger partial charge in [0.25, 0.3) is 5.56 Å². The molecule has 26 heavy (non-hydrogen) atoms. The highest BCUT2D eigenvalue weighted by Gasteiger charge is 2.19. The zero-order chi connectivity index (χ0) is 19.0. The van der Waals surface area contributed by atoms with Gasteiger partial charge < -0.3 is 9.67 Å². The van der Waals surface area contributed by atoms with Crippen molar-refractivity contribution in [2.75, 3.05) is 5.75 Å². The number of rotatable bonds is 5. The normalized spacial score (nSPS) is 12.7. The average Bonchev–Trinajstić information content (AvgIpc) is 2.93. The molecule has 0 unspecified atom stereocenters. The maximum atomic E-state index is 12.9. The van der Waals surface area contributed by atoms with E-state index in [0.717, 1.165) is 5.56 Å². The maximum Gasteiger partial charge on any atom is 0.332 e. The summed E-state index contributed by atoms with van der Waals surface area (Å²) in [6.45, 7) is 1.84. The Morgan fingerprint density at radius 1 is 1.19 bits per heavy atom. The van der Waals surface area contributed by atoms with Crippen molar-refractivity contribution in [1.82, 2.24) is 18.7 Å². The van der Waals surface area contributed by atoms with Gasteiger partial charge in [-0.2, -0.15) is 0 Å². The van der Waals surface area contributed by atoms with Gasteiger partial charge in [-0.05, 0) is 24.6 Å². The predicted molar refractivity (Wildman–Crippen MR) is 103 cm³/mol. The Labute approximate surface area is 158 Å². The topological polar surface area (TPSA) is 82.1 Å². The lowest BCUT2D eigenvalue weighted by Gasteiger charge is -2.09. The molecule has 0 aliphatic rings. The lowest BCUT2D eigenvalue weighted by Crippen LogP contribution is -2.39. The first-order chi connectivity index (χ1) is 12.3. The van der Waals surface area contributed by atoms with Crippen molar-refractivity contribution in [1.29, 1.82) is 0 Å². The summed E-state index contributed by atoms with van der Waals surface area (Å²) < 4.78 is 4.23. The van der Waals surface area contributed by atoms with E-state index in [1.807, 2.05) is 0 Å². The van der Waals surface area contributed by atoms with Crippen LogP contribution in [0.5, 0.6) is 0 Å². The van der Waals surface area contributed by atoms with Gasteiger partial charge in [0.1, 0.15) is 0 Å². The quantitative estimate of drug-likeness (QED) is 0.665. The van der Waals surface area contributed by atoms with Crippen LogP contribution in [0.3, 0.4) is 0 Å². The molecule has 0 saturated heterocycles. The second kappa shape index (κ2) is 7.30. The van der Waals surface area contributed by atoms with E-state index in [2.05, 4.69) is 4.98 Å². The standard InChI is InChI=1S/C17H19ClN4O3S/c1-10(23)9-26-16-19-14-13(20(16)2)15(24)22(17(25)21(14)3)8-11-4-6-12(18)7-5-11/h4-7,10,23H,8-9H2,1-3H3/t10-/m0/s1. The summed E-state index contributed by atoms with van der Waals surface area (Å²) in [5, 5.41) is 10.6. The highest BCUT2D eigenvalue weighted by atomic mass is 35.5. The van der Waals surface area contributed by atoms with Crippen LogP contribution in [0.15, 0.2) is 39.0 Å². The summed E-state index contributed by atoms with van der Waals surface area (Å²) in [4.78, 5) is 30.0. The minimum Gasteiger partial charge on any atom is -0.393 e. The van der Waals surface area contributed by atoms with Gasteiger partial charge in [-0.1, -0.05) is 35.5 Å². The molecule has 0 saturated carbocycles. The van der Waals surface area contributed by atoms with Crippen LogP contribution < -0.4 is 11.2 Å². The molecule has 3 aromatic rings. The van der Waals surface area contributed by atoms with E-state index >= 15 is 0 Å². The molecule has 0 fully saturated rings. The molecule has 9 heteroatoms. The van der Waals surface area contributed by atoms with Gasteiger partial charge in [-0.15, -0.1) is 0 Å². The number of nitrogens with zero attached hydrogens (tertiary/aromatic N) is 4. The molecule has 0 amide bonds. The van der Waals surface area contributed by atoms with Crippen LogP contribution in [0.2, 0.25) is 5.02 Å². The SMILES string of the molecule is C[C@H](O)CSc1nc2c(c(=O)n(Cc3ccc(Cl)cc3)c(=O)n2C)n1C. The Kier molecular flexibility index (Phi) is 5.27. The molecule has 1 aromatic carbocycles. The van der Waals surface area contributed by atoms with Crippen molar-refractivity contribution in [2.24, 2.45) is 14.1 Å². The fourth-order valence-corrected chi connectivity index (χ4v) is 3.61. The van der Waals surface area contributed by atoms with Gasteiger partial charge in [0.15, 0.2) is 16.3 Å². The van der Waals surface area contributed by atoms with E-state index in [9.17, 15) is 14.7 Å².